The van der Waals surface area contributed by atoms with Crippen LogP contribution in [0.2, 0.25) is 0 Å². The van der Waals surface area contributed by atoms with Gasteiger partial charge in [-0.2, -0.15) is 28.1 Å². The van der Waals surface area contributed by atoms with Crippen LogP contribution >= 0.6 is 0 Å². The van der Waals surface area contributed by atoms with Gasteiger partial charge in [0, 0.05) is 59.3 Å². The van der Waals surface area contributed by atoms with Crippen molar-refractivity contribution in [1.82, 2.24) is 25.2 Å². The van der Waals surface area contributed by atoms with E-state index in [2.05, 4.69) is 42.3 Å². The van der Waals surface area contributed by atoms with Crippen molar-refractivity contribution < 1.29 is 18.0 Å². The van der Waals surface area contributed by atoms with Gasteiger partial charge in [-0.05, 0) is 50.3 Å². The summed E-state index contributed by atoms with van der Waals surface area (Å²) in [5.74, 6) is 1.82. The van der Waals surface area contributed by atoms with E-state index in [-0.39, 0.29) is 30.0 Å². The number of alkyl halides is 3. The summed E-state index contributed by atoms with van der Waals surface area (Å²) in [6.45, 7) is 3.51. The van der Waals surface area contributed by atoms with Crippen LogP contribution in [0.1, 0.15) is 43.2 Å². The maximum Gasteiger partial charge on any atom is 0.416 e. The molecule has 38 heavy (non-hydrogen) atoms. The van der Waals surface area contributed by atoms with Crippen molar-refractivity contribution in [3.8, 4) is 0 Å². The van der Waals surface area contributed by atoms with E-state index in [0.29, 0.717) is 24.3 Å². The molecule has 1 aliphatic heterocycles. The highest BCUT2D eigenvalue weighted by Gasteiger charge is 2.33. The lowest BCUT2D eigenvalue weighted by atomic mass is 9.83. The number of amides is 1. The molecule has 1 aromatic heterocycles. The number of anilines is 3. The summed E-state index contributed by atoms with van der Waals surface area (Å²) in [7, 11) is 5.90. The van der Waals surface area contributed by atoms with Crippen LogP contribution in [0.5, 0.6) is 0 Å². The number of nitrogens with one attached hydrogen (secondary N) is 2. The van der Waals surface area contributed by atoms with Gasteiger partial charge in [-0.3, -0.25) is 4.79 Å². The Morgan fingerprint density at radius 2 is 1.74 bits per heavy atom. The lowest BCUT2D eigenvalue weighted by molar-refractivity contribution is -0.138. The first-order chi connectivity index (χ1) is 18.1. The topological polar surface area (TPSA) is 89.5 Å². The molecule has 2 fully saturated rings. The van der Waals surface area contributed by atoms with Crippen LogP contribution < -0.4 is 20.4 Å². The smallest absolute Gasteiger partial charge is 0.357 e. The van der Waals surface area contributed by atoms with Gasteiger partial charge in [-0.1, -0.05) is 18.2 Å². The fraction of sp³-hybridized carbons (Fsp3) is 0.615. The predicted octanol–water partition coefficient (Wildman–Crippen LogP) is 3.39. The molecule has 4 rings (SSSR count). The molecule has 2 heterocycles. The standard InChI is InChI=1S/C26H37F3N8O/c1-30-23-32-24(34-25(33-23)37-14-12-35(2)13-15-37)36(3)20-10-8-18(9-11-20)16-22(38)31-17-19-6-4-5-7-21(19)26(27,28)29/h4-7,18,20H,8-17H2,1-3H3,(H,31,38)(H,30,32,33,34). The van der Waals surface area contributed by atoms with Gasteiger partial charge in [0.15, 0.2) is 0 Å². The molecule has 0 unspecified atom stereocenters. The Bertz CT molecular complexity index is 1080. The maximum absolute atomic E-state index is 13.2. The van der Waals surface area contributed by atoms with E-state index in [0.717, 1.165) is 57.9 Å². The quantitative estimate of drug-likeness (QED) is 0.533. The van der Waals surface area contributed by atoms with Crippen molar-refractivity contribution in [2.75, 3.05) is 62.4 Å². The fourth-order valence-electron chi connectivity index (χ4n) is 5.15. The largest absolute Gasteiger partial charge is 0.416 e. The van der Waals surface area contributed by atoms with Crippen molar-refractivity contribution in [2.24, 2.45) is 5.92 Å². The molecule has 2 N–H and O–H groups in total. The highest BCUT2D eigenvalue weighted by Crippen LogP contribution is 2.33. The Morgan fingerprint density at radius 3 is 2.39 bits per heavy atom. The van der Waals surface area contributed by atoms with Gasteiger partial charge in [0.1, 0.15) is 0 Å². The van der Waals surface area contributed by atoms with Crippen molar-refractivity contribution in [3.63, 3.8) is 0 Å². The van der Waals surface area contributed by atoms with E-state index < -0.39 is 11.7 Å². The van der Waals surface area contributed by atoms with Crippen LogP contribution in [0, 0.1) is 5.92 Å². The first-order valence-electron chi connectivity index (χ1n) is 13.2. The number of hydrogen-bond acceptors (Lipinski definition) is 8. The second kappa shape index (κ2) is 12.1. The lowest BCUT2D eigenvalue weighted by Crippen LogP contribution is -2.45. The fourth-order valence-corrected chi connectivity index (χ4v) is 5.15. The first kappa shape index (κ1) is 27.9. The molecular formula is C26H37F3N8O. The molecule has 0 radical (unpaired) electrons. The van der Waals surface area contributed by atoms with Gasteiger partial charge in [-0.25, -0.2) is 0 Å². The van der Waals surface area contributed by atoms with E-state index in [9.17, 15) is 18.0 Å². The monoisotopic (exact) mass is 534 g/mol. The second-order valence-electron chi connectivity index (χ2n) is 10.2. The number of aromatic nitrogens is 3. The van der Waals surface area contributed by atoms with Gasteiger partial charge in [0.25, 0.3) is 0 Å². The van der Waals surface area contributed by atoms with Crippen LogP contribution in [0.4, 0.5) is 31.0 Å². The second-order valence-corrected chi connectivity index (χ2v) is 10.2. The van der Waals surface area contributed by atoms with Gasteiger partial charge in [0.05, 0.1) is 5.56 Å². The number of carbonyl (C=O) groups is 1. The van der Waals surface area contributed by atoms with E-state index in [1.165, 1.54) is 12.1 Å². The first-order valence-corrected chi connectivity index (χ1v) is 13.2. The van der Waals surface area contributed by atoms with E-state index in [1.54, 1.807) is 13.1 Å². The highest BCUT2D eigenvalue weighted by molar-refractivity contribution is 5.76. The number of carbonyl (C=O) groups excluding carboxylic acids is 1. The van der Waals surface area contributed by atoms with Crippen molar-refractivity contribution in [2.45, 2.75) is 50.9 Å². The Kier molecular flexibility index (Phi) is 8.91. The SMILES string of the molecule is CNc1nc(N2CCN(C)CC2)nc(N(C)C2CCC(CC(=O)NCc3ccccc3C(F)(F)F)CC2)n1. The number of nitrogens with zero attached hydrogens (tertiary/aromatic N) is 6. The van der Waals surface area contributed by atoms with E-state index in [4.69, 9.17) is 4.98 Å². The number of hydrogen-bond donors (Lipinski definition) is 2. The minimum atomic E-state index is -4.44. The van der Waals surface area contributed by atoms with Gasteiger partial charge in [0.2, 0.25) is 23.8 Å². The summed E-state index contributed by atoms with van der Waals surface area (Å²) in [5, 5.41) is 5.73. The van der Waals surface area contributed by atoms with E-state index in [1.807, 2.05) is 7.05 Å². The molecule has 1 aliphatic carbocycles. The molecule has 2 aliphatic rings. The maximum atomic E-state index is 13.2. The molecule has 1 amide bonds. The van der Waals surface area contributed by atoms with E-state index >= 15 is 0 Å². The molecular weight excluding hydrogens is 497 g/mol. The number of halogens is 3. The molecule has 1 saturated carbocycles. The zero-order valence-corrected chi connectivity index (χ0v) is 22.3. The number of piperazine rings is 1. The number of benzene rings is 1. The Hall–Kier alpha value is -3.15. The normalized spacial score (nSPS) is 20.7. The molecule has 208 valence electrons. The van der Waals surface area contributed by atoms with Crippen LogP contribution in [0.3, 0.4) is 0 Å². The van der Waals surface area contributed by atoms with Crippen LogP contribution in [0.15, 0.2) is 24.3 Å². The summed E-state index contributed by atoms with van der Waals surface area (Å²) >= 11 is 0. The van der Waals surface area contributed by atoms with Crippen LogP contribution in [-0.2, 0) is 17.5 Å². The third-order valence-corrected chi connectivity index (χ3v) is 7.57. The molecule has 1 aromatic carbocycles. The molecule has 0 bridgehead atoms. The summed E-state index contributed by atoms with van der Waals surface area (Å²) in [6, 6.07) is 5.59. The Morgan fingerprint density at radius 1 is 1.05 bits per heavy atom. The zero-order valence-electron chi connectivity index (χ0n) is 22.3. The highest BCUT2D eigenvalue weighted by atomic mass is 19.4. The molecule has 2 aromatic rings. The minimum absolute atomic E-state index is 0.0768. The van der Waals surface area contributed by atoms with Crippen molar-refractivity contribution in [3.05, 3.63) is 35.4 Å². The molecule has 0 atom stereocenters. The van der Waals surface area contributed by atoms with Crippen molar-refractivity contribution in [1.29, 1.82) is 0 Å². The third kappa shape index (κ3) is 7.03. The summed E-state index contributed by atoms with van der Waals surface area (Å²) in [4.78, 5) is 33.0. The molecule has 1 saturated heterocycles. The average Bonchev–Trinajstić information content (AvgIpc) is 2.91. The molecule has 12 heteroatoms. The predicted molar refractivity (Wildman–Crippen MR) is 141 cm³/mol. The summed E-state index contributed by atoms with van der Waals surface area (Å²) < 4.78 is 39.6. The zero-order chi connectivity index (χ0) is 27.3. The Balaban J connectivity index is 1.30. The van der Waals surface area contributed by atoms with Crippen LogP contribution in [-0.4, -0.2) is 79.1 Å². The van der Waals surface area contributed by atoms with Gasteiger partial charge >= 0.3 is 6.18 Å². The van der Waals surface area contributed by atoms with Gasteiger partial charge in [-0.15, -0.1) is 0 Å². The minimum Gasteiger partial charge on any atom is -0.357 e. The average molecular weight is 535 g/mol. The number of rotatable bonds is 8. The van der Waals surface area contributed by atoms with Crippen LogP contribution in [0.25, 0.3) is 0 Å². The molecule has 9 nitrogen and oxygen atoms in total. The molecule has 0 spiro atoms. The van der Waals surface area contributed by atoms with Gasteiger partial charge < -0.3 is 25.3 Å². The third-order valence-electron chi connectivity index (χ3n) is 7.57. The van der Waals surface area contributed by atoms with Crippen molar-refractivity contribution >= 4 is 23.8 Å². The Labute approximate surface area is 221 Å². The number of likely N-dealkylation sites (N-methyl/N-ethyl adjacent to an activating group) is 1. The lowest BCUT2D eigenvalue weighted by Gasteiger charge is -2.36. The summed E-state index contributed by atoms with van der Waals surface area (Å²) in [6.07, 6.45) is -0.642. The summed E-state index contributed by atoms with van der Waals surface area (Å²) in [5.41, 5.74) is -0.632.